The molecule has 0 aliphatic rings. The van der Waals surface area contributed by atoms with Crippen molar-refractivity contribution in [3.05, 3.63) is 53.2 Å². The zero-order chi connectivity index (χ0) is 10.8. The van der Waals surface area contributed by atoms with Crippen molar-refractivity contribution >= 4 is 0 Å². The van der Waals surface area contributed by atoms with Gasteiger partial charge in [0.15, 0.2) is 0 Å². The standard InChI is InChI=1S/C12H13NO2/c1-8-6-10(7-9(2)13-8)12(14)11-4-3-5-15-11/h3-7,12,14H,1-2H3. The average Bonchev–Trinajstić information content (AvgIpc) is 2.67. The van der Waals surface area contributed by atoms with Crippen LogP contribution in [0.1, 0.15) is 28.8 Å². The first-order valence-corrected chi connectivity index (χ1v) is 4.83. The number of pyridine rings is 1. The number of aromatic nitrogens is 1. The van der Waals surface area contributed by atoms with Crippen LogP contribution in [0.25, 0.3) is 0 Å². The average molecular weight is 203 g/mol. The maximum absolute atomic E-state index is 10.0. The summed E-state index contributed by atoms with van der Waals surface area (Å²) in [6.07, 6.45) is 0.847. The number of hydrogen-bond acceptors (Lipinski definition) is 3. The van der Waals surface area contributed by atoms with Gasteiger partial charge in [0.25, 0.3) is 0 Å². The van der Waals surface area contributed by atoms with E-state index in [0.29, 0.717) is 5.76 Å². The first kappa shape index (κ1) is 9.93. The lowest BCUT2D eigenvalue weighted by Gasteiger charge is -2.09. The SMILES string of the molecule is Cc1cc(C(O)c2ccco2)cc(C)n1. The number of aliphatic hydroxyl groups excluding tert-OH is 1. The number of aryl methyl sites for hydroxylation is 2. The van der Waals surface area contributed by atoms with Gasteiger partial charge in [0, 0.05) is 11.4 Å². The molecule has 0 saturated carbocycles. The number of rotatable bonds is 2. The van der Waals surface area contributed by atoms with Gasteiger partial charge in [-0.15, -0.1) is 0 Å². The minimum Gasteiger partial charge on any atom is -0.466 e. The fraction of sp³-hybridized carbons (Fsp3) is 0.250. The van der Waals surface area contributed by atoms with Crippen molar-refractivity contribution in [3.8, 4) is 0 Å². The molecular formula is C12H13NO2. The predicted octanol–water partition coefficient (Wildman–Crippen LogP) is 2.37. The largest absolute Gasteiger partial charge is 0.466 e. The highest BCUT2D eigenvalue weighted by Gasteiger charge is 2.13. The lowest BCUT2D eigenvalue weighted by molar-refractivity contribution is 0.189. The normalized spacial score (nSPS) is 12.7. The molecule has 78 valence electrons. The lowest BCUT2D eigenvalue weighted by atomic mass is 10.1. The summed E-state index contributed by atoms with van der Waals surface area (Å²) in [5.74, 6) is 0.556. The molecule has 2 aromatic heterocycles. The zero-order valence-electron chi connectivity index (χ0n) is 8.77. The summed E-state index contributed by atoms with van der Waals surface area (Å²) in [6.45, 7) is 3.82. The Kier molecular flexibility index (Phi) is 2.56. The predicted molar refractivity (Wildman–Crippen MR) is 56.5 cm³/mol. The Morgan fingerprint density at radius 1 is 1.27 bits per heavy atom. The lowest BCUT2D eigenvalue weighted by Crippen LogP contribution is -2.00. The number of hydrogen-bond donors (Lipinski definition) is 1. The topological polar surface area (TPSA) is 46.3 Å². The van der Waals surface area contributed by atoms with Crippen LogP contribution in [0.15, 0.2) is 34.9 Å². The molecule has 1 atom stereocenters. The van der Waals surface area contributed by atoms with Gasteiger partial charge in [-0.1, -0.05) is 0 Å². The van der Waals surface area contributed by atoms with Crippen LogP contribution in [0, 0.1) is 13.8 Å². The van der Waals surface area contributed by atoms with Crippen molar-refractivity contribution in [1.29, 1.82) is 0 Å². The molecular weight excluding hydrogens is 190 g/mol. The van der Waals surface area contributed by atoms with E-state index in [0.717, 1.165) is 17.0 Å². The smallest absolute Gasteiger partial charge is 0.137 e. The quantitative estimate of drug-likeness (QED) is 0.815. The Bertz CT molecular complexity index is 428. The van der Waals surface area contributed by atoms with Crippen molar-refractivity contribution < 1.29 is 9.52 Å². The van der Waals surface area contributed by atoms with Gasteiger partial charge in [-0.3, -0.25) is 4.98 Å². The summed E-state index contributed by atoms with van der Waals surface area (Å²) in [4.78, 5) is 4.26. The summed E-state index contributed by atoms with van der Waals surface area (Å²) in [5, 5.41) is 10.0. The molecule has 15 heavy (non-hydrogen) atoms. The van der Waals surface area contributed by atoms with Crippen molar-refractivity contribution in [2.24, 2.45) is 0 Å². The van der Waals surface area contributed by atoms with E-state index in [1.54, 1.807) is 18.4 Å². The molecule has 0 spiro atoms. The molecule has 0 bridgehead atoms. The third-order valence-electron chi connectivity index (χ3n) is 2.23. The summed E-state index contributed by atoms with van der Waals surface area (Å²) in [7, 11) is 0. The molecule has 2 aromatic rings. The van der Waals surface area contributed by atoms with Crippen molar-refractivity contribution in [1.82, 2.24) is 4.98 Å². The molecule has 0 aromatic carbocycles. The van der Waals surface area contributed by atoms with E-state index >= 15 is 0 Å². The van der Waals surface area contributed by atoms with Crippen LogP contribution in [0.4, 0.5) is 0 Å². The highest BCUT2D eigenvalue weighted by Crippen LogP contribution is 2.22. The molecule has 3 heteroatoms. The van der Waals surface area contributed by atoms with E-state index in [1.807, 2.05) is 26.0 Å². The van der Waals surface area contributed by atoms with E-state index in [1.165, 1.54) is 0 Å². The van der Waals surface area contributed by atoms with Crippen LogP contribution < -0.4 is 0 Å². The highest BCUT2D eigenvalue weighted by atomic mass is 16.4. The summed E-state index contributed by atoms with van der Waals surface area (Å²) in [5.41, 5.74) is 2.61. The maximum Gasteiger partial charge on any atom is 0.137 e. The van der Waals surface area contributed by atoms with Gasteiger partial charge < -0.3 is 9.52 Å². The second-order valence-corrected chi connectivity index (χ2v) is 3.60. The molecule has 2 heterocycles. The molecule has 0 fully saturated rings. The van der Waals surface area contributed by atoms with E-state index < -0.39 is 6.10 Å². The van der Waals surface area contributed by atoms with Crippen LogP contribution in [-0.2, 0) is 0 Å². The Hall–Kier alpha value is -1.61. The molecule has 2 rings (SSSR count). The third kappa shape index (κ3) is 2.07. The minimum absolute atomic E-state index is 0.556. The molecule has 0 amide bonds. The first-order valence-electron chi connectivity index (χ1n) is 4.83. The monoisotopic (exact) mass is 203 g/mol. The summed E-state index contributed by atoms with van der Waals surface area (Å²) >= 11 is 0. The second kappa shape index (κ2) is 3.87. The Morgan fingerprint density at radius 2 is 1.93 bits per heavy atom. The van der Waals surface area contributed by atoms with Gasteiger partial charge >= 0.3 is 0 Å². The molecule has 0 radical (unpaired) electrons. The van der Waals surface area contributed by atoms with Gasteiger partial charge in [0.2, 0.25) is 0 Å². The first-order chi connectivity index (χ1) is 7.16. The zero-order valence-corrected chi connectivity index (χ0v) is 8.77. The van der Waals surface area contributed by atoms with Crippen LogP contribution in [0.5, 0.6) is 0 Å². The van der Waals surface area contributed by atoms with Crippen LogP contribution in [-0.4, -0.2) is 10.1 Å². The van der Waals surface area contributed by atoms with E-state index in [2.05, 4.69) is 4.98 Å². The number of nitrogens with zero attached hydrogens (tertiary/aromatic N) is 1. The van der Waals surface area contributed by atoms with Crippen molar-refractivity contribution in [2.45, 2.75) is 20.0 Å². The van der Waals surface area contributed by atoms with E-state index in [4.69, 9.17) is 4.42 Å². The number of furan rings is 1. The Balaban J connectivity index is 2.37. The molecule has 1 unspecified atom stereocenters. The van der Waals surface area contributed by atoms with Gasteiger partial charge in [-0.25, -0.2) is 0 Å². The molecule has 0 saturated heterocycles. The summed E-state index contributed by atoms with van der Waals surface area (Å²) in [6, 6.07) is 7.25. The van der Waals surface area contributed by atoms with Gasteiger partial charge in [-0.05, 0) is 43.7 Å². The minimum atomic E-state index is -0.708. The fourth-order valence-corrected chi connectivity index (χ4v) is 1.64. The van der Waals surface area contributed by atoms with Gasteiger partial charge in [0.1, 0.15) is 11.9 Å². The fourth-order valence-electron chi connectivity index (χ4n) is 1.64. The molecule has 0 aliphatic heterocycles. The third-order valence-corrected chi connectivity index (χ3v) is 2.23. The second-order valence-electron chi connectivity index (χ2n) is 3.60. The van der Waals surface area contributed by atoms with Crippen LogP contribution in [0.3, 0.4) is 0 Å². The molecule has 0 aliphatic carbocycles. The highest BCUT2D eigenvalue weighted by molar-refractivity contribution is 5.27. The van der Waals surface area contributed by atoms with Crippen LogP contribution >= 0.6 is 0 Å². The van der Waals surface area contributed by atoms with E-state index in [9.17, 15) is 5.11 Å². The van der Waals surface area contributed by atoms with Gasteiger partial charge in [0.05, 0.1) is 6.26 Å². The number of aliphatic hydroxyl groups is 1. The Labute approximate surface area is 88.4 Å². The van der Waals surface area contributed by atoms with Gasteiger partial charge in [-0.2, -0.15) is 0 Å². The maximum atomic E-state index is 10.0. The van der Waals surface area contributed by atoms with Crippen molar-refractivity contribution in [3.63, 3.8) is 0 Å². The van der Waals surface area contributed by atoms with E-state index in [-0.39, 0.29) is 0 Å². The molecule has 3 nitrogen and oxygen atoms in total. The van der Waals surface area contributed by atoms with Crippen LogP contribution in [0.2, 0.25) is 0 Å². The summed E-state index contributed by atoms with van der Waals surface area (Å²) < 4.78 is 5.16. The Morgan fingerprint density at radius 3 is 2.47 bits per heavy atom. The van der Waals surface area contributed by atoms with Crippen molar-refractivity contribution in [2.75, 3.05) is 0 Å². The molecule has 1 N–H and O–H groups in total.